The zero-order valence-electron chi connectivity index (χ0n) is 32.8. The van der Waals surface area contributed by atoms with Crippen LogP contribution in [0.3, 0.4) is 0 Å². The SMILES string of the molecule is CCC(C)C1COC([C]2[CH][CH][CH][C]2P(c2ccccc2)c2ccccc2)=N1.CCC(C)C1COC([C]2[CH][CH][CH][C]2P(c2ccccc2)c2ccccc2)=N1.[Au+3].[Cl-].[Fe+2]. The molecule has 0 bridgehead atoms. The van der Waals surface area contributed by atoms with E-state index in [9.17, 15) is 0 Å². The normalized spacial score (nSPS) is 20.9. The molecule has 4 aromatic rings. The molecule has 4 unspecified atom stereocenters. The van der Waals surface area contributed by atoms with Crippen molar-refractivity contribution < 1.29 is 61.3 Å². The summed E-state index contributed by atoms with van der Waals surface area (Å²) in [5.74, 6) is 5.04. The Labute approximate surface area is 378 Å². The predicted molar refractivity (Wildman–Crippen MR) is 230 cm³/mol. The molecule has 2 aliphatic heterocycles. The van der Waals surface area contributed by atoms with Crippen molar-refractivity contribution >= 4 is 48.9 Å². The average molecular weight is 1040 g/mol. The summed E-state index contributed by atoms with van der Waals surface area (Å²) in [7, 11) is -1.28. The molecule has 8 rings (SSSR count). The number of hydrogen-bond donors (Lipinski definition) is 0. The maximum absolute atomic E-state index is 6.06. The molecule has 0 aromatic heterocycles. The van der Waals surface area contributed by atoms with Gasteiger partial charge >= 0.3 is 39.4 Å². The van der Waals surface area contributed by atoms with E-state index in [0.717, 1.165) is 36.5 Å². The topological polar surface area (TPSA) is 43.2 Å². The molecule has 296 valence electrons. The van der Waals surface area contributed by atoms with Crippen LogP contribution in [0.5, 0.6) is 0 Å². The molecule has 57 heavy (non-hydrogen) atoms. The standard InChI is InChI=1S/2C24H25NOP.Au.ClH.Fe/c2*1-3-18(2)22-17-26-24(25-22)21-15-10-16-23(21)27(19-11-6-4-7-12-19)20-13-8-5-9-14-20;;;/h2*4-16,18,22H,3,17H2,1-2H3;;1H;/q;;+3;;+2/p-1. The van der Waals surface area contributed by atoms with Crippen LogP contribution in [0.1, 0.15) is 40.5 Å². The number of hydrogen-bond acceptors (Lipinski definition) is 4. The van der Waals surface area contributed by atoms with Gasteiger partial charge in [-0.1, -0.05) is 162 Å². The summed E-state index contributed by atoms with van der Waals surface area (Å²) in [6.45, 7) is 10.3. The molecule has 2 saturated carbocycles. The quantitative estimate of drug-likeness (QED) is 0.122. The number of rotatable bonds is 12. The summed E-state index contributed by atoms with van der Waals surface area (Å²) in [5.41, 5.74) is 2.65. The largest absolute Gasteiger partial charge is 3.00 e. The minimum atomic E-state index is -0.640. The maximum Gasteiger partial charge on any atom is 3.00 e. The van der Waals surface area contributed by atoms with Crippen molar-refractivity contribution in [1.29, 1.82) is 0 Å². The van der Waals surface area contributed by atoms with Gasteiger partial charge in [-0.3, -0.25) is 0 Å². The van der Waals surface area contributed by atoms with E-state index in [1.807, 2.05) is 0 Å². The van der Waals surface area contributed by atoms with Gasteiger partial charge in [0, 0.05) is 11.3 Å². The van der Waals surface area contributed by atoms with Crippen molar-refractivity contribution in [3.05, 3.63) is 183 Å². The molecule has 2 fully saturated rings. The van der Waals surface area contributed by atoms with Crippen LogP contribution in [0.4, 0.5) is 0 Å². The molecule has 0 saturated heterocycles. The third kappa shape index (κ3) is 11.7. The fourth-order valence-corrected chi connectivity index (χ4v) is 11.8. The van der Waals surface area contributed by atoms with Gasteiger partial charge < -0.3 is 21.9 Å². The van der Waals surface area contributed by atoms with E-state index in [4.69, 9.17) is 19.5 Å². The van der Waals surface area contributed by atoms with E-state index in [1.54, 1.807) is 0 Å². The van der Waals surface area contributed by atoms with Crippen molar-refractivity contribution in [2.45, 2.75) is 52.6 Å². The van der Waals surface area contributed by atoms with E-state index in [0.29, 0.717) is 25.0 Å². The molecule has 4 aromatic carbocycles. The molecule has 2 aliphatic carbocycles. The van der Waals surface area contributed by atoms with E-state index < -0.39 is 15.8 Å². The van der Waals surface area contributed by atoms with Crippen LogP contribution in [0.15, 0.2) is 131 Å². The second kappa shape index (κ2) is 23.9. The molecular formula is C48H50AuClFeN2O2P2+4. The predicted octanol–water partition coefficient (Wildman–Crippen LogP) is 6.39. The fraction of sp³-hybridized carbons (Fsp3) is 0.250. The summed E-state index contributed by atoms with van der Waals surface area (Å²) < 4.78 is 12.1. The second-order valence-corrected chi connectivity index (χ2v) is 18.4. The van der Waals surface area contributed by atoms with Crippen LogP contribution in [0.2, 0.25) is 0 Å². The minimum absolute atomic E-state index is 0. The van der Waals surface area contributed by atoms with Crippen LogP contribution in [0, 0.1) is 73.5 Å². The molecule has 4 aliphatic rings. The van der Waals surface area contributed by atoms with E-state index in [2.05, 4.69) is 188 Å². The van der Waals surface area contributed by atoms with Gasteiger partial charge in [0.05, 0.1) is 23.9 Å². The molecular weight excluding hydrogens is 987 g/mol. The van der Waals surface area contributed by atoms with Gasteiger partial charge in [-0.05, 0) is 87.4 Å². The van der Waals surface area contributed by atoms with Crippen LogP contribution >= 0.6 is 15.8 Å². The van der Waals surface area contributed by atoms with Gasteiger partial charge in [0.15, 0.2) is 11.8 Å². The zero-order valence-corrected chi connectivity index (χ0v) is 38.6. The molecule has 10 radical (unpaired) electrons. The number of ether oxygens (including phenoxy) is 2. The Balaban J connectivity index is 0.000000240. The summed E-state index contributed by atoms with van der Waals surface area (Å²) >= 11 is 0. The smallest absolute Gasteiger partial charge is 1.00 e. The summed E-state index contributed by atoms with van der Waals surface area (Å²) in [4.78, 5) is 9.87. The Morgan fingerprint density at radius 2 is 0.825 bits per heavy atom. The van der Waals surface area contributed by atoms with E-state index >= 15 is 0 Å². The van der Waals surface area contributed by atoms with Crippen LogP contribution < -0.4 is 33.6 Å². The van der Waals surface area contributed by atoms with Crippen molar-refractivity contribution in [2.24, 2.45) is 21.8 Å². The first kappa shape index (κ1) is 47.9. The molecule has 0 spiro atoms. The van der Waals surface area contributed by atoms with Crippen molar-refractivity contribution in [3.8, 4) is 0 Å². The molecule has 2 heterocycles. The molecule has 4 nitrogen and oxygen atoms in total. The van der Waals surface area contributed by atoms with Crippen molar-refractivity contribution in [1.82, 2.24) is 0 Å². The minimum Gasteiger partial charge on any atom is -1.00 e. The summed E-state index contributed by atoms with van der Waals surface area (Å²) in [5, 5.41) is 5.40. The van der Waals surface area contributed by atoms with Gasteiger partial charge in [0.25, 0.3) is 0 Å². The first-order valence-corrected chi connectivity index (χ1v) is 22.0. The first-order chi connectivity index (χ1) is 26.6. The van der Waals surface area contributed by atoms with Gasteiger partial charge in [0.2, 0.25) is 0 Å². The Bertz CT molecular complexity index is 1600. The molecule has 0 N–H and O–H groups in total. The number of nitrogens with zero attached hydrogens (tertiary/aromatic N) is 2. The summed E-state index contributed by atoms with van der Waals surface area (Å²) in [6, 6.07) is 43.7. The second-order valence-electron chi connectivity index (χ2n) is 14.1. The number of halogens is 1. The molecule has 4 atom stereocenters. The fourth-order valence-electron chi connectivity index (χ4n) is 6.94. The van der Waals surface area contributed by atoms with Crippen LogP contribution in [0.25, 0.3) is 0 Å². The van der Waals surface area contributed by atoms with Gasteiger partial charge in [-0.25, -0.2) is 9.98 Å². The molecule has 9 heteroatoms. The Hall–Kier alpha value is -1.77. The summed E-state index contributed by atoms with van der Waals surface area (Å²) in [6.07, 6.45) is 15.3. The Kier molecular flexibility index (Phi) is 20.1. The van der Waals surface area contributed by atoms with E-state index in [1.165, 1.54) is 32.5 Å². The van der Waals surface area contributed by atoms with Gasteiger partial charge in [-0.2, -0.15) is 0 Å². The Morgan fingerprint density at radius 1 is 0.526 bits per heavy atom. The first-order valence-electron chi connectivity index (χ1n) is 19.3. The maximum atomic E-state index is 6.06. The van der Waals surface area contributed by atoms with Crippen LogP contribution in [-0.4, -0.2) is 37.1 Å². The van der Waals surface area contributed by atoms with Crippen molar-refractivity contribution in [2.75, 3.05) is 13.2 Å². The van der Waals surface area contributed by atoms with Crippen LogP contribution in [-0.2, 0) is 48.9 Å². The third-order valence-corrected chi connectivity index (χ3v) is 15.5. The van der Waals surface area contributed by atoms with Gasteiger partial charge in [0.1, 0.15) is 13.2 Å². The number of benzene rings is 4. The van der Waals surface area contributed by atoms with Gasteiger partial charge in [-0.15, -0.1) is 0 Å². The monoisotopic (exact) mass is 1040 g/mol. The number of aliphatic imine (C=N–C) groups is 2. The Morgan fingerprint density at radius 3 is 1.11 bits per heavy atom. The molecule has 0 amide bonds. The van der Waals surface area contributed by atoms with Crippen molar-refractivity contribution in [3.63, 3.8) is 0 Å². The average Bonchev–Trinajstić information content (AvgIpc) is 4.08. The van der Waals surface area contributed by atoms with E-state index in [-0.39, 0.29) is 63.9 Å². The zero-order chi connectivity index (χ0) is 37.3. The third-order valence-electron chi connectivity index (χ3n) is 10.5.